The first-order valence-corrected chi connectivity index (χ1v) is 14.4. The van der Waals surface area contributed by atoms with Crippen molar-refractivity contribution in [1.29, 1.82) is 0 Å². The van der Waals surface area contributed by atoms with Crippen molar-refractivity contribution >= 4 is 5.91 Å². The van der Waals surface area contributed by atoms with Gasteiger partial charge >= 0.3 is 0 Å². The number of carbonyl (C=O) groups is 1. The minimum absolute atomic E-state index is 0.0527. The van der Waals surface area contributed by atoms with Crippen LogP contribution < -0.4 is 5.32 Å². The van der Waals surface area contributed by atoms with E-state index in [1.54, 1.807) is 0 Å². The van der Waals surface area contributed by atoms with Crippen LogP contribution in [0.5, 0.6) is 0 Å². The van der Waals surface area contributed by atoms with Gasteiger partial charge in [-0.3, -0.25) is 4.79 Å². The predicted octanol–water partition coefficient (Wildman–Crippen LogP) is 8.52. The lowest BCUT2D eigenvalue weighted by atomic mass is 9.67. The number of hydrogen-bond acceptors (Lipinski definition) is 1. The van der Waals surface area contributed by atoms with Crippen molar-refractivity contribution in [3.05, 3.63) is 215 Å². The Bertz CT molecular complexity index is 1380. The zero-order chi connectivity index (χ0) is 28.7. The number of hydrogen-bond donors (Lipinski definition) is 1. The number of benzene rings is 6. The lowest BCUT2D eigenvalue weighted by Gasteiger charge is -2.40. The van der Waals surface area contributed by atoms with Gasteiger partial charge in [0.1, 0.15) is 5.54 Å². The van der Waals surface area contributed by atoms with Gasteiger partial charge in [-0.05, 0) is 33.4 Å². The van der Waals surface area contributed by atoms with Gasteiger partial charge in [0.25, 0.3) is 0 Å². The molecule has 0 aromatic heterocycles. The standard InChI is InChI=1S/C40H33NO/c42-38(31-39(32-19-7-1-8-20-32,33-21-9-2-10-22-33)34-23-11-3-12-24-34)41-40(35-25-13-4-14-26-35,36-27-15-5-16-28-36)37-29-17-6-18-30-37/h1-30H,31H2,(H,41,42). The maximum absolute atomic E-state index is 14.8. The summed E-state index contributed by atoms with van der Waals surface area (Å²) in [7, 11) is 0. The summed E-state index contributed by atoms with van der Waals surface area (Å²) >= 11 is 0. The van der Waals surface area contributed by atoms with Crippen LogP contribution in [-0.4, -0.2) is 5.91 Å². The summed E-state index contributed by atoms with van der Waals surface area (Å²) < 4.78 is 0. The molecule has 0 saturated carbocycles. The summed E-state index contributed by atoms with van der Waals surface area (Å²) in [6, 6.07) is 62.0. The molecule has 6 aromatic rings. The fourth-order valence-electron chi connectivity index (χ4n) is 6.25. The van der Waals surface area contributed by atoms with Crippen LogP contribution in [0.4, 0.5) is 0 Å². The Morgan fingerprint density at radius 1 is 0.381 bits per heavy atom. The van der Waals surface area contributed by atoms with Crippen LogP contribution in [0.3, 0.4) is 0 Å². The molecule has 204 valence electrons. The molecule has 1 N–H and O–H groups in total. The number of amides is 1. The second-order valence-corrected chi connectivity index (χ2v) is 10.6. The molecule has 0 heterocycles. The summed E-state index contributed by atoms with van der Waals surface area (Å²) in [5, 5.41) is 3.61. The van der Waals surface area contributed by atoms with Crippen LogP contribution in [0.1, 0.15) is 39.8 Å². The monoisotopic (exact) mass is 543 g/mol. The van der Waals surface area contributed by atoms with Gasteiger partial charge in [-0.15, -0.1) is 0 Å². The van der Waals surface area contributed by atoms with Crippen molar-refractivity contribution < 1.29 is 4.79 Å². The number of carbonyl (C=O) groups excluding carboxylic acids is 1. The van der Waals surface area contributed by atoms with Crippen LogP contribution >= 0.6 is 0 Å². The Balaban J connectivity index is 1.55. The largest absolute Gasteiger partial charge is 0.338 e. The summed E-state index contributed by atoms with van der Waals surface area (Å²) in [5.41, 5.74) is 4.62. The molecule has 42 heavy (non-hydrogen) atoms. The first-order valence-electron chi connectivity index (χ1n) is 14.4. The average Bonchev–Trinajstić information content (AvgIpc) is 3.08. The highest BCUT2D eigenvalue weighted by Crippen LogP contribution is 2.43. The first-order chi connectivity index (χ1) is 20.7. The number of rotatable bonds is 9. The highest BCUT2D eigenvalue weighted by atomic mass is 16.1. The van der Waals surface area contributed by atoms with E-state index in [0.29, 0.717) is 0 Å². The fraction of sp³-hybridized carbons (Fsp3) is 0.0750. The van der Waals surface area contributed by atoms with Crippen molar-refractivity contribution in [1.82, 2.24) is 5.32 Å². The molecule has 0 saturated heterocycles. The van der Waals surface area contributed by atoms with E-state index in [0.717, 1.165) is 33.4 Å². The lowest BCUT2D eigenvalue weighted by molar-refractivity contribution is -0.123. The summed E-state index contributed by atoms with van der Waals surface area (Å²) in [6.45, 7) is 0. The van der Waals surface area contributed by atoms with Gasteiger partial charge in [-0.2, -0.15) is 0 Å². The van der Waals surface area contributed by atoms with E-state index >= 15 is 0 Å². The van der Waals surface area contributed by atoms with Crippen molar-refractivity contribution in [2.75, 3.05) is 0 Å². The van der Waals surface area contributed by atoms with Gasteiger partial charge in [0.05, 0.1) is 5.41 Å². The Kier molecular flexibility index (Phi) is 7.79. The Morgan fingerprint density at radius 3 is 0.881 bits per heavy atom. The zero-order valence-corrected chi connectivity index (χ0v) is 23.4. The van der Waals surface area contributed by atoms with Crippen molar-refractivity contribution in [2.24, 2.45) is 0 Å². The third-order valence-corrected chi connectivity index (χ3v) is 8.17. The number of nitrogens with one attached hydrogen (secondary N) is 1. The van der Waals surface area contributed by atoms with E-state index in [-0.39, 0.29) is 12.3 Å². The van der Waals surface area contributed by atoms with Gasteiger partial charge in [0.2, 0.25) is 5.91 Å². The van der Waals surface area contributed by atoms with E-state index in [9.17, 15) is 4.79 Å². The zero-order valence-electron chi connectivity index (χ0n) is 23.4. The molecule has 0 radical (unpaired) electrons. The van der Waals surface area contributed by atoms with Crippen LogP contribution in [-0.2, 0) is 15.7 Å². The van der Waals surface area contributed by atoms with Crippen molar-refractivity contribution in [3.63, 3.8) is 0 Å². The Labute approximate surface area is 248 Å². The third-order valence-electron chi connectivity index (χ3n) is 8.17. The van der Waals surface area contributed by atoms with Crippen LogP contribution in [0.25, 0.3) is 0 Å². The van der Waals surface area contributed by atoms with Crippen molar-refractivity contribution in [2.45, 2.75) is 17.4 Å². The Morgan fingerprint density at radius 2 is 0.619 bits per heavy atom. The molecule has 6 aromatic carbocycles. The summed E-state index contributed by atoms with van der Waals surface area (Å²) in [5.74, 6) is -0.0527. The first kappa shape index (κ1) is 27.0. The highest BCUT2D eigenvalue weighted by molar-refractivity contribution is 5.82. The molecule has 0 spiro atoms. The molecule has 2 nitrogen and oxygen atoms in total. The topological polar surface area (TPSA) is 29.1 Å². The SMILES string of the molecule is O=C(CC(c1ccccc1)(c1ccccc1)c1ccccc1)NC(c1ccccc1)(c1ccccc1)c1ccccc1. The van der Waals surface area contributed by atoms with Gasteiger partial charge < -0.3 is 5.32 Å². The molecule has 0 aliphatic rings. The minimum atomic E-state index is -0.892. The molecular weight excluding hydrogens is 510 g/mol. The maximum atomic E-state index is 14.8. The van der Waals surface area contributed by atoms with Gasteiger partial charge in [0, 0.05) is 6.42 Å². The molecule has 0 fully saturated rings. The van der Waals surface area contributed by atoms with E-state index in [1.165, 1.54) is 0 Å². The molecule has 1 amide bonds. The van der Waals surface area contributed by atoms with E-state index in [2.05, 4.69) is 115 Å². The van der Waals surface area contributed by atoms with E-state index < -0.39 is 11.0 Å². The second kappa shape index (κ2) is 12.1. The minimum Gasteiger partial charge on any atom is -0.338 e. The molecule has 0 aliphatic heterocycles. The molecule has 6 rings (SSSR count). The lowest BCUT2D eigenvalue weighted by Crippen LogP contribution is -2.49. The Hall–Kier alpha value is -5.21. The normalized spacial score (nSPS) is 11.5. The quantitative estimate of drug-likeness (QED) is 0.182. The van der Waals surface area contributed by atoms with E-state index in [4.69, 9.17) is 0 Å². The molecule has 0 unspecified atom stereocenters. The fourth-order valence-corrected chi connectivity index (χ4v) is 6.25. The van der Waals surface area contributed by atoms with Gasteiger partial charge in [-0.25, -0.2) is 0 Å². The van der Waals surface area contributed by atoms with Crippen LogP contribution in [0.2, 0.25) is 0 Å². The average molecular weight is 544 g/mol. The maximum Gasteiger partial charge on any atom is 0.222 e. The van der Waals surface area contributed by atoms with Gasteiger partial charge in [-0.1, -0.05) is 182 Å². The molecule has 0 aliphatic carbocycles. The third kappa shape index (κ3) is 5.04. The van der Waals surface area contributed by atoms with Gasteiger partial charge in [0.15, 0.2) is 0 Å². The molecular formula is C40H33NO. The van der Waals surface area contributed by atoms with Crippen LogP contribution in [0, 0.1) is 0 Å². The van der Waals surface area contributed by atoms with Crippen molar-refractivity contribution in [3.8, 4) is 0 Å². The molecule has 2 heteroatoms. The second-order valence-electron chi connectivity index (χ2n) is 10.6. The smallest absolute Gasteiger partial charge is 0.222 e. The summed E-state index contributed by atoms with van der Waals surface area (Å²) in [4.78, 5) is 14.8. The van der Waals surface area contributed by atoms with E-state index in [1.807, 2.05) is 72.8 Å². The van der Waals surface area contributed by atoms with Crippen LogP contribution in [0.15, 0.2) is 182 Å². The molecule has 0 atom stereocenters. The predicted molar refractivity (Wildman–Crippen MR) is 171 cm³/mol. The summed E-state index contributed by atoms with van der Waals surface area (Å²) in [6.07, 6.45) is 0.222. The highest BCUT2D eigenvalue weighted by Gasteiger charge is 2.42. The molecule has 0 bridgehead atoms.